The number of aromatic nitrogens is 5. The summed E-state index contributed by atoms with van der Waals surface area (Å²) in [5.74, 6) is -3.64. The first kappa shape index (κ1) is 43.9. The number of carbonyl (C=O) groups excluding carboxylic acids is 4. The minimum Gasteiger partial charge on any atom is -0.494 e. The Bertz CT molecular complexity index is 2630. The number of nitrogens with zero attached hydrogens (tertiary/aromatic N) is 7. The van der Waals surface area contributed by atoms with Crippen molar-refractivity contribution in [1.82, 2.24) is 34.7 Å². The number of pyridine rings is 1. The number of ether oxygens (including phenoxy) is 1. The van der Waals surface area contributed by atoms with E-state index < -0.39 is 59.4 Å². The van der Waals surface area contributed by atoms with Crippen LogP contribution in [0.5, 0.6) is 5.75 Å². The number of fused-ring (bicyclic) bond motifs is 2. The molecule has 21 heteroatoms. The molecule has 6 heterocycles. The molecule has 64 heavy (non-hydrogen) atoms. The van der Waals surface area contributed by atoms with Gasteiger partial charge in [-0.3, -0.25) is 34.4 Å². The molecule has 336 valence electrons. The Morgan fingerprint density at radius 1 is 0.984 bits per heavy atom. The fourth-order valence-electron chi connectivity index (χ4n) is 8.57. The second-order valence-electron chi connectivity index (χ2n) is 16.1. The number of imidazole rings is 1. The lowest BCUT2D eigenvalue weighted by molar-refractivity contribution is -0.136. The summed E-state index contributed by atoms with van der Waals surface area (Å²) in [5, 5.41) is 19.1. The summed E-state index contributed by atoms with van der Waals surface area (Å²) in [5.41, 5.74) is 7.55. The zero-order valence-corrected chi connectivity index (χ0v) is 34.6. The van der Waals surface area contributed by atoms with E-state index in [2.05, 4.69) is 35.9 Å². The number of piperidine rings is 2. The van der Waals surface area contributed by atoms with Crippen LogP contribution in [0, 0.1) is 11.6 Å². The van der Waals surface area contributed by atoms with Gasteiger partial charge in [0.2, 0.25) is 11.8 Å². The number of nitrogens with two attached hydrogens (primary N) is 1. The highest BCUT2D eigenvalue weighted by molar-refractivity contribution is 6.25. The predicted molar refractivity (Wildman–Crippen MR) is 225 cm³/mol. The van der Waals surface area contributed by atoms with Crippen molar-refractivity contribution < 1.29 is 46.6 Å². The number of hydrogen-bond acceptors (Lipinski definition) is 14. The SMILES string of the molecule is COc1cc(F)c(-c2cc(Cn3cnc4c(NCCCCCNc5cccc6c5C(=O)N(C5CCC(=O)NC5=O)C6=O)ncnc43)c(N3CCC[C@](N)([C@H](O)C(F)F)C3)cn2)cc1F. The number of rotatable bonds is 16. The minimum absolute atomic E-state index is 0.0315. The van der Waals surface area contributed by atoms with Crippen LogP contribution in [0.3, 0.4) is 0 Å². The van der Waals surface area contributed by atoms with Crippen molar-refractivity contribution in [3.63, 3.8) is 0 Å². The summed E-state index contributed by atoms with van der Waals surface area (Å²) in [6.45, 7) is 1.40. The largest absolute Gasteiger partial charge is 0.494 e. The van der Waals surface area contributed by atoms with E-state index in [1.807, 2.05) is 0 Å². The first-order valence-corrected chi connectivity index (χ1v) is 20.8. The lowest BCUT2D eigenvalue weighted by atomic mass is 9.84. The highest BCUT2D eigenvalue weighted by atomic mass is 19.3. The van der Waals surface area contributed by atoms with Crippen LogP contribution in [0.25, 0.3) is 22.4 Å². The van der Waals surface area contributed by atoms with Crippen LogP contribution in [0.1, 0.15) is 71.2 Å². The van der Waals surface area contributed by atoms with Crippen LogP contribution in [0.4, 0.5) is 34.8 Å². The molecule has 4 amide bonds. The molecule has 3 aliphatic heterocycles. The second-order valence-corrected chi connectivity index (χ2v) is 16.1. The minimum atomic E-state index is -3.06. The second kappa shape index (κ2) is 18.2. The lowest BCUT2D eigenvalue weighted by Crippen LogP contribution is -2.63. The Labute approximate surface area is 363 Å². The standard InChI is InChI=1S/C43H45F4N11O6/c1-64-32-17-26(44)25(16-27(32)45)29-15-23(31(18-51-29)56-14-6-11-43(48,20-56)36(60)37(46)47)19-57-22-54-35-38(52-21-53-39(35)57)50-13-4-2-3-12-49-28-8-5-7-24-34(28)42(63)58(41(24)62)30-9-10-33(59)55-40(30)61/h5,7-8,15-18,21-22,30,36-37,49,60H,2-4,6,9-14,19-20,48H2,1H3,(H,50,52,53)(H,55,59,61)/t30?,36-,43-/m1/s1. The van der Waals surface area contributed by atoms with E-state index >= 15 is 4.39 Å². The quantitative estimate of drug-likeness (QED) is 0.0532. The van der Waals surface area contributed by atoms with Crippen LogP contribution >= 0.6 is 0 Å². The van der Waals surface area contributed by atoms with Crippen LogP contribution in [-0.2, 0) is 16.1 Å². The Kier molecular flexibility index (Phi) is 12.5. The van der Waals surface area contributed by atoms with E-state index in [9.17, 15) is 37.5 Å². The van der Waals surface area contributed by atoms with Crippen LogP contribution < -0.4 is 31.3 Å². The Hall–Kier alpha value is -6.74. The molecule has 1 unspecified atom stereocenters. The highest BCUT2D eigenvalue weighted by Crippen LogP contribution is 2.36. The third-order valence-corrected chi connectivity index (χ3v) is 11.9. The number of amides is 4. The molecule has 0 radical (unpaired) electrons. The average molecular weight is 888 g/mol. The van der Waals surface area contributed by atoms with Gasteiger partial charge in [0.25, 0.3) is 18.2 Å². The van der Waals surface area contributed by atoms with E-state index in [0.29, 0.717) is 66.4 Å². The number of anilines is 3. The van der Waals surface area contributed by atoms with Crippen molar-refractivity contribution in [3.05, 3.63) is 83.6 Å². The van der Waals surface area contributed by atoms with Gasteiger partial charge in [-0.15, -0.1) is 0 Å². The molecule has 3 aliphatic rings. The number of imide groups is 2. The number of hydrogen-bond donors (Lipinski definition) is 5. The number of methoxy groups -OCH3 is 1. The maximum Gasteiger partial charge on any atom is 0.265 e. The molecule has 8 rings (SSSR count). The van der Waals surface area contributed by atoms with Crippen molar-refractivity contribution in [2.45, 2.75) is 75.6 Å². The molecule has 2 saturated heterocycles. The van der Waals surface area contributed by atoms with Crippen LogP contribution in [-0.4, -0.2) is 116 Å². The van der Waals surface area contributed by atoms with Crippen molar-refractivity contribution >= 4 is 52.0 Å². The molecular weight excluding hydrogens is 843 g/mol. The first-order valence-electron chi connectivity index (χ1n) is 20.8. The number of nitrogens with one attached hydrogen (secondary N) is 3. The topological polar surface area (TPSA) is 223 Å². The number of aliphatic hydroxyl groups is 1. The van der Waals surface area contributed by atoms with Gasteiger partial charge in [0.05, 0.1) is 54.2 Å². The Balaban J connectivity index is 0.930. The number of alkyl halides is 2. The van der Waals surface area contributed by atoms with E-state index in [1.54, 1.807) is 40.1 Å². The summed E-state index contributed by atoms with van der Waals surface area (Å²) in [6.07, 6.45) is 2.14. The fourth-order valence-corrected chi connectivity index (χ4v) is 8.57. The van der Waals surface area contributed by atoms with Crippen molar-refractivity contribution in [2.75, 3.05) is 48.8 Å². The number of unbranched alkanes of at least 4 members (excludes halogenated alkanes) is 2. The summed E-state index contributed by atoms with van der Waals surface area (Å²) >= 11 is 0. The van der Waals surface area contributed by atoms with Gasteiger partial charge in [-0.05, 0) is 68.4 Å². The molecule has 2 aromatic carbocycles. The predicted octanol–water partition coefficient (Wildman–Crippen LogP) is 4.24. The third kappa shape index (κ3) is 8.51. The number of benzene rings is 2. The normalized spacial score (nSPS) is 19.3. The highest BCUT2D eigenvalue weighted by Gasteiger charge is 2.46. The molecule has 0 bridgehead atoms. The monoisotopic (exact) mass is 887 g/mol. The molecule has 0 aliphatic carbocycles. The average Bonchev–Trinajstić information content (AvgIpc) is 3.80. The number of halogens is 4. The summed E-state index contributed by atoms with van der Waals surface area (Å²) in [7, 11) is 1.22. The molecule has 6 N–H and O–H groups in total. The van der Waals surface area contributed by atoms with Gasteiger partial charge >= 0.3 is 0 Å². The van der Waals surface area contributed by atoms with Crippen molar-refractivity contribution in [2.24, 2.45) is 5.73 Å². The van der Waals surface area contributed by atoms with Gasteiger partial charge in [-0.1, -0.05) is 6.07 Å². The van der Waals surface area contributed by atoms with E-state index in [1.165, 1.54) is 19.6 Å². The Morgan fingerprint density at radius 2 is 1.78 bits per heavy atom. The summed E-state index contributed by atoms with van der Waals surface area (Å²) in [6, 6.07) is 7.35. The van der Waals surface area contributed by atoms with Gasteiger partial charge in [0.1, 0.15) is 29.8 Å². The third-order valence-electron chi connectivity index (χ3n) is 11.9. The van der Waals surface area contributed by atoms with Gasteiger partial charge < -0.3 is 35.7 Å². The van der Waals surface area contributed by atoms with Gasteiger partial charge in [-0.2, -0.15) is 0 Å². The molecule has 17 nitrogen and oxygen atoms in total. The summed E-state index contributed by atoms with van der Waals surface area (Å²) < 4.78 is 64.2. The van der Waals surface area contributed by atoms with Crippen LogP contribution in [0.2, 0.25) is 0 Å². The molecule has 3 aromatic heterocycles. The number of aliphatic hydroxyl groups excluding tert-OH is 1. The molecule has 0 saturated carbocycles. The maximum atomic E-state index is 15.3. The lowest BCUT2D eigenvalue weighted by Gasteiger charge is -2.44. The van der Waals surface area contributed by atoms with Gasteiger partial charge in [-0.25, -0.2) is 32.5 Å². The number of carbonyl (C=O) groups is 4. The van der Waals surface area contributed by atoms with E-state index in [0.717, 1.165) is 29.9 Å². The molecule has 0 spiro atoms. The van der Waals surface area contributed by atoms with E-state index in [-0.39, 0.29) is 60.5 Å². The zero-order chi connectivity index (χ0) is 45.3. The van der Waals surface area contributed by atoms with Crippen molar-refractivity contribution in [1.29, 1.82) is 0 Å². The maximum absolute atomic E-state index is 15.3. The van der Waals surface area contributed by atoms with Crippen molar-refractivity contribution in [3.8, 4) is 17.0 Å². The van der Waals surface area contributed by atoms with Gasteiger partial charge in [0, 0.05) is 49.9 Å². The molecule has 5 aromatic rings. The fraction of sp³-hybridized carbons (Fsp3) is 0.395. The molecule has 3 atom stereocenters. The van der Waals surface area contributed by atoms with Crippen LogP contribution in [0.15, 0.2) is 55.2 Å². The zero-order valence-electron chi connectivity index (χ0n) is 34.6. The smallest absolute Gasteiger partial charge is 0.265 e. The Morgan fingerprint density at radius 3 is 2.55 bits per heavy atom. The first-order chi connectivity index (χ1) is 30.8. The van der Waals surface area contributed by atoms with Gasteiger partial charge in [0.15, 0.2) is 23.0 Å². The van der Waals surface area contributed by atoms with E-state index in [4.69, 9.17) is 10.5 Å². The molecule has 2 fully saturated rings. The molecular formula is C43H45F4N11O6. The summed E-state index contributed by atoms with van der Waals surface area (Å²) in [4.78, 5) is 71.3.